The highest BCUT2D eigenvalue weighted by molar-refractivity contribution is 6.36. The summed E-state index contributed by atoms with van der Waals surface area (Å²) in [6.07, 6.45) is 1.20. The average molecular weight is 361 g/mol. The molecule has 0 spiro atoms. The molecule has 0 radical (unpaired) electrons. The van der Waals surface area contributed by atoms with Gasteiger partial charge in [-0.1, -0.05) is 23.2 Å². The van der Waals surface area contributed by atoms with E-state index in [0.717, 1.165) is 19.4 Å². The molecule has 126 valence electrons. The van der Waals surface area contributed by atoms with Gasteiger partial charge in [-0.2, -0.15) is 0 Å². The zero-order valence-corrected chi connectivity index (χ0v) is 14.2. The zero-order chi connectivity index (χ0) is 16.8. The minimum absolute atomic E-state index is 0.0276. The van der Waals surface area contributed by atoms with Crippen LogP contribution in [0.15, 0.2) is 18.2 Å². The topological polar surface area (TPSA) is 61.8 Å². The summed E-state index contributed by atoms with van der Waals surface area (Å²) in [6, 6.07) is 4.51. The molecule has 0 saturated carbocycles. The molecule has 1 heterocycles. The van der Waals surface area contributed by atoms with E-state index in [9.17, 15) is 9.59 Å². The zero-order valence-electron chi connectivity index (χ0n) is 12.7. The third kappa shape index (κ3) is 5.46. The van der Waals surface area contributed by atoms with Crippen molar-refractivity contribution < 1.29 is 23.8 Å². The molecule has 0 amide bonds. The van der Waals surface area contributed by atoms with Gasteiger partial charge in [-0.25, -0.2) is 4.79 Å². The number of ketones is 1. The van der Waals surface area contributed by atoms with Crippen molar-refractivity contribution in [1.29, 1.82) is 0 Å². The number of ether oxygens (including phenoxy) is 3. The number of hydrogen-bond donors (Lipinski definition) is 0. The smallest absolute Gasteiger partial charge is 0.335 e. The number of esters is 1. The van der Waals surface area contributed by atoms with Crippen molar-refractivity contribution in [2.45, 2.75) is 32.0 Å². The van der Waals surface area contributed by atoms with Gasteiger partial charge in [0.1, 0.15) is 0 Å². The van der Waals surface area contributed by atoms with E-state index < -0.39 is 24.5 Å². The molecular weight excluding hydrogens is 343 g/mol. The van der Waals surface area contributed by atoms with Gasteiger partial charge in [0.15, 0.2) is 12.7 Å². The lowest BCUT2D eigenvalue weighted by molar-refractivity contribution is -0.156. The molecule has 5 nitrogen and oxygen atoms in total. The molecule has 2 rings (SSSR count). The van der Waals surface area contributed by atoms with Crippen molar-refractivity contribution in [3.63, 3.8) is 0 Å². The summed E-state index contributed by atoms with van der Waals surface area (Å²) < 4.78 is 15.8. The second kappa shape index (κ2) is 8.64. The molecule has 0 N–H and O–H groups in total. The van der Waals surface area contributed by atoms with Crippen molar-refractivity contribution in [3.05, 3.63) is 33.8 Å². The van der Waals surface area contributed by atoms with Crippen LogP contribution < -0.4 is 0 Å². The highest BCUT2D eigenvalue weighted by Crippen LogP contribution is 2.21. The Hall–Kier alpha value is -1.14. The Morgan fingerprint density at radius 3 is 2.83 bits per heavy atom. The van der Waals surface area contributed by atoms with Crippen LogP contribution in [0.5, 0.6) is 0 Å². The number of carbonyl (C=O) groups excluding carboxylic acids is 2. The van der Waals surface area contributed by atoms with Crippen LogP contribution in [0.2, 0.25) is 10.0 Å². The second-order valence-electron chi connectivity index (χ2n) is 5.27. The molecule has 0 aliphatic carbocycles. The Balaban J connectivity index is 1.77. The monoisotopic (exact) mass is 360 g/mol. The quantitative estimate of drug-likeness (QED) is 0.551. The van der Waals surface area contributed by atoms with E-state index in [1.54, 1.807) is 13.0 Å². The standard InChI is InChI=1S/C16H18Cl2O5/c1-10(22-8-12-3-2-6-21-12)16(20)23-9-15(19)13-5-4-11(17)7-14(13)18/h4-5,7,10,12H,2-3,6,8-9H2,1H3. The van der Waals surface area contributed by atoms with Crippen molar-refractivity contribution in [2.24, 2.45) is 0 Å². The van der Waals surface area contributed by atoms with Gasteiger partial charge in [0.2, 0.25) is 5.78 Å². The fourth-order valence-corrected chi connectivity index (χ4v) is 2.66. The van der Waals surface area contributed by atoms with Crippen molar-refractivity contribution in [2.75, 3.05) is 19.8 Å². The van der Waals surface area contributed by atoms with Gasteiger partial charge in [-0.05, 0) is 38.0 Å². The van der Waals surface area contributed by atoms with Gasteiger partial charge in [-0.15, -0.1) is 0 Å². The fraction of sp³-hybridized carbons (Fsp3) is 0.500. The van der Waals surface area contributed by atoms with Crippen LogP contribution in [0.3, 0.4) is 0 Å². The highest BCUT2D eigenvalue weighted by atomic mass is 35.5. The van der Waals surface area contributed by atoms with Crippen molar-refractivity contribution in [1.82, 2.24) is 0 Å². The lowest BCUT2D eigenvalue weighted by atomic mass is 10.1. The van der Waals surface area contributed by atoms with E-state index in [2.05, 4.69) is 0 Å². The van der Waals surface area contributed by atoms with E-state index >= 15 is 0 Å². The Morgan fingerprint density at radius 1 is 1.39 bits per heavy atom. The normalized spacial score (nSPS) is 18.7. The van der Waals surface area contributed by atoms with Gasteiger partial charge in [0.25, 0.3) is 0 Å². The van der Waals surface area contributed by atoms with Crippen molar-refractivity contribution in [3.8, 4) is 0 Å². The maximum Gasteiger partial charge on any atom is 0.335 e. The number of rotatable bonds is 7. The summed E-state index contributed by atoms with van der Waals surface area (Å²) >= 11 is 11.7. The van der Waals surface area contributed by atoms with Crippen LogP contribution in [0.4, 0.5) is 0 Å². The fourth-order valence-electron chi connectivity index (χ4n) is 2.14. The Kier molecular flexibility index (Phi) is 6.84. The van der Waals surface area contributed by atoms with E-state index in [4.69, 9.17) is 37.4 Å². The third-order valence-corrected chi connectivity index (χ3v) is 4.01. The predicted molar refractivity (Wildman–Crippen MR) is 86.1 cm³/mol. The minimum atomic E-state index is -0.757. The number of carbonyl (C=O) groups is 2. The van der Waals surface area contributed by atoms with Crippen LogP contribution in [-0.2, 0) is 19.0 Å². The molecule has 1 aromatic rings. The first-order chi connectivity index (χ1) is 11.0. The van der Waals surface area contributed by atoms with Crippen LogP contribution >= 0.6 is 23.2 Å². The summed E-state index contributed by atoms with van der Waals surface area (Å²) in [6.45, 7) is 2.25. The Morgan fingerprint density at radius 2 is 2.17 bits per heavy atom. The Bertz CT molecular complexity index is 570. The summed E-state index contributed by atoms with van der Waals surface area (Å²) in [4.78, 5) is 23.8. The van der Waals surface area contributed by atoms with Gasteiger partial charge >= 0.3 is 5.97 Å². The van der Waals surface area contributed by atoms with Gasteiger partial charge in [0.05, 0.1) is 17.7 Å². The first kappa shape index (κ1) is 18.2. The summed E-state index contributed by atoms with van der Waals surface area (Å²) in [5, 5.41) is 0.654. The average Bonchev–Trinajstić information content (AvgIpc) is 3.03. The molecular formula is C16H18Cl2O5. The van der Waals surface area contributed by atoms with E-state index in [1.165, 1.54) is 12.1 Å². The largest absolute Gasteiger partial charge is 0.455 e. The number of benzene rings is 1. The van der Waals surface area contributed by atoms with Gasteiger partial charge in [0, 0.05) is 17.2 Å². The number of hydrogen-bond acceptors (Lipinski definition) is 5. The molecule has 2 unspecified atom stereocenters. The first-order valence-corrected chi connectivity index (χ1v) is 8.11. The van der Waals surface area contributed by atoms with Crippen LogP contribution in [0.1, 0.15) is 30.1 Å². The molecule has 1 aliphatic rings. The molecule has 2 atom stereocenters. The number of Topliss-reactive ketones (excluding diaryl/α,β-unsaturated/α-hetero) is 1. The predicted octanol–water partition coefficient (Wildman–Crippen LogP) is 3.30. The molecule has 0 bridgehead atoms. The number of halogens is 2. The van der Waals surface area contributed by atoms with Crippen LogP contribution in [0, 0.1) is 0 Å². The Labute approximate surface area is 144 Å². The maximum absolute atomic E-state index is 12.0. The molecule has 1 aromatic carbocycles. The molecule has 1 fully saturated rings. The molecule has 23 heavy (non-hydrogen) atoms. The molecule has 1 saturated heterocycles. The minimum Gasteiger partial charge on any atom is -0.455 e. The summed E-state index contributed by atoms with van der Waals surface area (Å²) in [5.74, 6) is -0.993. The van der Waals surface area contributed by atoms with Gasteiger partial charge in [-0.3, -0.25) is 4.79 Å². The third-order valence-electron chi connectivity index (χ3n) is 3.47. The molecule has 0 aromatic heterocycles. The summed E-state index contributed by atoms with van der Waals surface area (Å²) in [5.41, 5.74) is 0.261. The summed E-state index contributed by atoms with van der Waals surface area (Å²) in [7, 11) is 0. The highest BCUT2D eigenvalue weighted by Gasteiger charge is 2.22. The van der Waals surface area contributed by atoms with Crippen molar-refractivity contribution >= 4 is 35.0 Å². The van der Waals surface area contributed by atoms with E-state index in [0.29, 0.717) is 11.6 Å². The molecule has 7 heteroatoms. The van der Waals surface area contributed by atoms with Gasteiger partial charge < -0.3 is 14.2 Å². The van der Waals surface area contributed by atoms with E-state index in [1.807, 2.05) is 0 Å². The second-order valence-corrected chi connectivity index (χ2v) is 6.11. The molecule has 1 aliphatic heterocycles. The lowest BCUT2D eigenvalue weighted by Gasteiger charge is -2.15. The first-order valence-electron chi connectivity index (χ1n) is 7.35. The SMILES string of the molecule is CC(OCC1CCCO1)C(=O)OCC(=O)c1ccc(Cl)cc1Cl. The lowest BCUT2D eigenvalue weighted by Crippen LogP contribution is -2.29. The maximum atomic E-state index is 12.0. The van der Waals surface area contributed by atoms with Crippen LogP contribution in [-0.4, -0.2) is 43.8 Å². The van der Waals surface area contributed by atoms with Crippen LogP contribution in [0.25, 0.3) is 0 Å². The van der Waals surface area contributed by atoms with E-state index in [-0.39, 0.29) is 16.7 Å².